The van der Waals surface area contributed by atoms with Crippen LogP contribution in [0.3, 0.4) is 0 Å². The highest BCUT2D eigenvalue weighted by atomic mass is 35.5. The predicted octanol–water partition coefficient (Wildman–Crippen LogP) is 5.75. The largest absolute Gasteiger partial charge is 0.391 e. The van der Waals surface area contributed by atoms with Crippen molar-refractivity contribution in [2.75, 3.05) is 0 Å². The van der Waals surface area contributed by atoms with E-state index in [-0.39, 0.29) is 0 Å². The Morgan fingerprint density at radius 3 is 2.60 bits per heavy atom. The molecule has 0 aliphatic carbocycles. The van der Waals surface area contributed by atoms with Crippen LogP contribution in [0.5, 0.6) is 0 Å². The lowest BCUT2D eigenvalue weighted by molar-refractivity contribution is 0.132. The zero-order valence-corrected chi connectivity index (χ0v) is 15.3. The minimum Gasteiger partial charge on any atom is -0.391 e. The molecule has 2 aromatic carbocycles. The minimum absolute atomic E-state index is 0.441. The standard InChI is InChI=1S/C20H17ClN2OS/c1-15-4-6-16(7-5-15)14-24-23-13-17-3-2-12-22-20(17)25-19-10-8-18(21)9-11-19/h2-13H,14H2,1H3/b23-13+. The first-order valence-corrected chi connectivity index (χ1v) is 8.99. The molecule has 0 N–H and O–H groups in total. The Morgan fingerprint density at radius 1 is 1.08 bits per heavy atom. The van der Waals surface area contributed by atoms with Crippen molar-refractivity contribution < 1.29 is 4.84 Å². The summed E-state index contributed by atoms with van der Waals surface area (Å²) >= 11 is 7.49. The third-order valence-corrected chi connectivity index (χ3v) is 4.74. The molecule has 3 aromatic rings. The van der Waals surface area contributed by atoms with Crippen LogP contribution in [0.25, 0.3) is 0 Å². The van der Waals surface area contributed by atoms with Crippen molar-refractivity contribution in [2.24, 2.45) is 5.16 Å². The highest BCUT2D eigenvalue weighted by Gasteiger charge is 2.04. The third-order valence-electron chi connectivity index (χ3n) is 3.45. The molecule has 1 aromatic heterocycles. The van der Waals surface area contributed by atoms with Gasteiger partial charge in [0.05, 0.1) is 6.21 Å². The first-order valence-electron chi connectivity index (χ1n) is 7.80. The highest BCUT2D eigenvalue weighted by molar-refractivity contribution is 7.99. The number of aryl methyl sites for hydroxylation is 1. The van der Waals surface area contributed by atoms with Crippen LogP contribution in [0.1, 0.15) is 16.7 Å². The van der Waals surface area contributed by atoms with Crippen molar-refractivity contribution in [1.29, 1.82) is 0 Å². The molecule has 1 heterocycles. The molecule has 3 rings (SSSR count). The van der Waals surface area contributed by atoms with E-state index in [4.69, 9.17) is 16.4 Å². The third kappa shape index (κ3) is 5.34. The van der Waals surface area contributed by atoms with Gasteiger partial charge in [-0.05, 0) is 48.9 Å². The monoisotopic (exact) mass is 368 g/mol. The average Bonchev–Trinajstić information content (AvgIpc) is 2.63. The molecule has 0 spiro atoms. The second-order valence-corrected chi connectivity index (χ2v) is 6.95. The molecule has 0 radical (unpaired) electrons. The van der Waals surface area contributed by atoms with Crippen LogP contribution in [0.2, 0.25) is 5.02 Å². The Balaban J connectivity index is 1.63. The molecule has 0 saturated heterocycles. The van der Waals surface area contributed by atoms with Gasteiger partial charge in [-0.2, -0.15) is 0 Å². The normalized spacial score (nSPS) is 11.0. The van der Waals surface area contributed by atoms with Gasteiger partial charge < -0.3 is 4.84 Å². The molecular weight excluding hydrogens is 352 g/mol. The summed E-state index contributed by atoms with van der Waals surface area (Å²) in [6, 6.07) is 19.7. The van der Waals surface area contributed by atoms with Gasteiger partial charge in [-0.15, -0.1) is 0 Å². The number of nitrogens with zero attached hydrogens (tertiary/aromatic N) is 2. The van der Waals surface area contributed by atoms with Crippen LogP contribution in [0, 0.1) is 6.92 Å². The summed E-state index contributed by atoms with van der Waals surface area (Å²) in [7, 11) is 0. The van der Waals surface area contributed by atoms with Crippen molar-refractivity contribution in [3.8, 4) is 0 Å². The van der Waals surface area contributed by atoms with Gasteiger partial charge in [0.25, 0.3) is 0 Å². The maximum atomic E-state index is 5.93. The van der Waals surface area contributed by atoms with Crippen molar-refractivity contribution in [2.45, 2.75) is 23.5 Å². The molecule has 0 bridgehead atoms. The summed E-state index contributed by atoms with van der Waals surface area (Å²) in [4.78, 5) is 10.9. The molecule has 3 nitrogen and oxygen atoms in total. The quantitative estimate of drug-likeness (QED) is 0.410. The Hall–Kier alpha value is -2.30. The molecule has 0 aliphatic heterocycles. The van der Waals surface area contributed by atoms with Crippen LogP contribution in [-0.2, 0) is 11.4 Å². The molecule has 0 saturated carbocycles. The number of benzene rings is 2. The molecular formula is C20H17ClN2OS. The predicted molar refractivity (Wildman–Crippen MR) is 103 cm³/mol. The fourth-order valence-corrected chi connectivity index (χ4v) is 3.06. The lowest BCUT2D eigenvalue weighted by Gasteiger charge is -2.04. The first-order chi connectivity index (χ1) is 12.2. The SMILES string of the molecule is Cc1ccc(CO/N=C/c2cccnc2Sc2ccc(Cl)cc2)cc1. The summed E-state index contributed by atoms with van der Waals surface area (Å²) in [6.07, 6.45) is 3.46. The van der Waals surface area contributed by atoms with Crippen LogP contribution < -0.4 is 0 Å². The molecule has 0 unspecified atom stereocenters. The molecule has 0 fully saturated rings. The summed E-state index contributed by atoms with van der Waals surface area (Å²) in [5.74, 6) is 0. The van der Waals surface area contributed by atoms with E-state index in [1.165, 1.54) is 5.56 Å². The Morgan fingerprint density at radius 2 is 1.84 bits per heavy atom. The molecule has 126 valence electrons. The Kier molecular flexibility index (Phi) is 6.09. The van der Waals surface area contributed by atoms with Crippen molar-refractivity contribution in [3.05, 3.63) is 88.6 Å². The minimum atomic E-state index is 0.441. The van der Waals surface area contributed by atoms with Crippen molar-refractivity contribution in [3.63, 3.8) is 0 Å². The summed E-state index contributed by atoms with van der Waals surface area (Å²) < 4.78 is 0. The van der Waals surface area contributed by atoms with E-state index in [0.29, 0.717) is 6.61 Å². The van der Waals surface area contributed by atoms with E-state index in [1.54, 1.807) is 24.2 Å². The summed E-state index contributed by atoms with van der Waals surface area (Å²) in [6.45, 7) is 2.50. The maximum Gasteiger partial charge on any atom is 0.142 e. The van der Waals surface area contributed by atoms with Gasteiger partial charge in [0, 0.05) is 21.7 Å². The zero-order chi connectivity index (χ0) is 17.5. The molecule has 5 heteroatoms. The van der Waals surface area contributed by atoms with Crippen LogP contribution >= 0.6 is 23.4 Å². The topological polar surface area (TPSA) is 34.5 Å². The van der Waals surface area contributed by atoms with E-state index < -0.39 is 0 Å². The number of aromatic nitrogens is 1. The van der Waals surface area contributed by atoms with Gasteiger partial charge in [-0.1, -0.05) is 58.3 Å². The van der Waals surface area contributed by atoms with E-state index in [1.807, 2.05) is 48.5 Å². The van der Waals surface area contributed by atoms with Gasteiger partial charge in [-0.25, -0.2) is 4.98 Å². The van der Waals surface area contributed by atoms with Gasteiger partial charge in [-0.3, -0.25) is 0 Å². The van der Waals surface area contributed by atoms with E-state index in [2.05, 4.69) is 29.2 Å². The number of rotatable bonds is 6. The molecule has 0 amide bonds. The number of pyridine rings is 1. The van der Waals surface area contributed by atoms with E-state index >= 15 is 0 Å². The Bertz CT molecular complexity index is 848. The number of oxime groups is 1. The maximum absolute atomic E-state index is 5.93. The highest BCUT2D eigenvalue weighted by Crippen LogP contribution is 2.28. The number of hydrogen-bond donors (Lipinski definition) is 0. The van der Waals surface area contributed by atoms with Crippen LogP contribution in [-0.4, -0.2) is 11.2 Å². The van der Waals surface area contributed by atoms with Gasteiger partial charge >= 0.3 is 0 Å². The lowest BCUT2D eigenvalue weighted by Crippen LogP contribution is -1.92. The number of halogens is 1. The van der Waals surface area contributed by atoms with E-state index in [9.17, 15) is 0 Å². The van der Waals surface area contributed by atoms with Gasteiger partial charge in [0.15, 0.2) is 0 Å². The first kappa shape index (κ1) is 17.5. The average molecular weight is 369 g/mol. The number of hydrogen-bond acceptors (Lipinski definition) is 4. The second kappa shape index (κ2) is 8.70. The fourth-order valence-electron chi connectivity index (χ4n) is 2.09. The smallest absolute Gasteiger partial charge is 0.142 e. The van der Waals surface area contributed by atoms with E-state index in [0.717, 1.165) is 26.1 Å². The van der Waals surface area contributed by atoms with Crippen LogP contribution in [0.15, 0.2) is 81.9 Å². The summed E-state index contributed by atoms with van der Waals surface area (Å²) in [5.41, 5.74) is 3.22. The second-order valence-electron chi connectivity index (χ2n) is 5.45. The zero-order valence-electron chi connectivity index (χ0n) is 13.7. The van der Waals surface area contributed by atoms with Gasteiger partial charge in [0.2, 0.25) is 0 Å². The molecule has 0 atom stereocenters. The van der Waals surface area contributed by atoms with Crippen LogP contribution in [0.4, 0.5) is 0 Å². The van der Waals surface area contributed by atoms with Gasteiger partial charge in [0.1, 0.15) is 11.6 Å². The lowest BCUT2D eigenvalue weighted by atomic mass is 10.2. The molecule has 0 aliphatic rings. The Labute approximate surface area is 156 Å². The van der Waals surface area contributed by atoms with Crippen molar-refractivity contribution in [1.82, 2.24) is 4.98 Å². The molecule has 25 heavy (non-hydrogen) atoms. The summed E-state index contributed by atoms with van der Waals surface area (Å²) in [5, 5.41) is 5.66. The fraction of sp³-hybridized carbons (Fsp3) is 0.100. The van der Waals surface area contributed by atoms with Crippen molar-refractivity contribution >= 4 is 29.6 Å².